The second kappa shape index (κ2) is 8.57. The topological polar surface area (TPSA) is 147 Å². The molecule has 0 saturated carbocycles. The Hall–Kier alpha value is -2.99. The molecule has 1 fully saturated rings. The van der Waals surface area contributed by atoms with E-state index in [1.54, 1.807) is 0 Å². The van der Waals surface area contributed by atoms with E-state index in [9.17, 15) is 14.4 Å². The largest absolute Gasteiger partial charge is 0.508 e. The molecule has 1 aliphatic heterocycles. The summed E-state index contributed by atoms with van der Waals surface area (Å²) in [7, 11) is 1.18. The fourth-order valence-corrected chi connectivity index (χ4v) is 3.23. The first kappa shape index (κ1) is 20.7. The van der Waals surface area contributed by atoms with E-state index in [1.807, 2.05) is 0 Å². The Kier molecular flexibility index (Phi) is 6.13. The number of ether oxygens (including phenoxy) is 4. The van der Waals surface area contributed by atoms with Crippen molar-refractivity contribution in [2.45, 2.75) is 38.7 Å². The fourth-order valence-electron chi connectivity index (χ4n) is 2.92. The van der Waals surface area contributed by atoms with Gasteiger partial charge in [-0.05, 0) is 0 Å². The normalized spacial score (nSPS) is 21.9. The van der Waals surface area contributed by atoms with Gasteiger partial charge in [-0.3, -0.25) is 14.2 Å². The molecule has 3 atom stereocenters. The molecule has 3 rings (SSSR count). The molecule has 3 heterocycles. The lowest BCUT2D eigenvalue weighted by atomic mass is 10.2. The number of aromatic amines is 1. The van der Waals surface area contributed by atoms with Crippen molar-refractivity contribution in [2.75, 3.05) is 13.7 Å². The Bertz CT molecular complexity index is 1020. The van der Waals surface area contributed by atoms with E-state index in [1.165, 1.54) is 31.9 Å². The number of rotatable bonds is 4. The molecule has 12 nitrogen and oxygen atoms in total. The van der Waals surface area contributed by atoms with Gasteiger partial charge < -0.3 is 23.9 Å². The Morgan fingerprint density at radius 2 is 2.17 bits per heavy atom. The summed E-state index contributed by atoms with van der Waals surface area (Å²) in [5.41, 5.74) is 0.561. The molecule has 1 N–H and O–H groups in total. The molecule has 1 aliphatic rings. The maximum Gasteiger partial charge on any atom is 0.508 e. The minimum absolute atomic E-state index is 0.0706. The molecule has 0 radical (unpaired) electrons. The van der Waals surface area contributed by atoms with Crippen LogP contribution in [-0.4, -0.2) is 63.5 Å². The summed E-state index contributed by atoms with van der Waals surface area (Å²) in [6.07, 6.45) is -1.70. The molecule has 0 unspecified atom stereocenters. The number of nitrogens with zero attached hydrogens (tertiary/aromatic N) is 4. The lowest BCUT2D eigenvalue weighted by molar-refractivity contribution is -0.152. The molecule has 2 aromatic heterocycles. The quantitative estimate of drug-likeness (QED) is 0.554. The van der Waals surface area contributed by atoms with Crippen molar-refractivity contribution < 1.29 is 33.3 Å². The number of amides is 1. The van der Waals surface area contributed by atoms with Crippen LogP contribution >= 0.6 is 11.6 Å². The van der Waals surface area contributed by atoms with Crippen LogP contribution in [0.2, 0.25) is 5.15 Å². The van der Waals surface area contributed by atoms with Crippen molar-refractivity contribution in [3.8, 4) is 0 Å². The molecule has 2 aromatic rings. The highest BCUT2D eigenvalue weighted by atomic mass is 35.5. The maximum atomic E-state index is 11.6. The van der Waals surface area contributed by atoms with Gasteiger partial charge in [0.1, 0.15) is 23.4 Å². The van der Waals surface area contributed by atoms with Gasteiger partial charge in [0, 0.05) is 20.3 Å². The molecule has 29 heavy (non-hydrogen) atoms. The average Bonchev–Trinajstić information content (AvgIpc) is 3.26. The van der Waals surface area contributed by atoms with E-state index in [4.69, 9.17) is 25.8 Å². The first-order chi connectivity index (χ1) is 13.8. The molecule has 0 aromatic carbocycles. The van der Waals surface area contributed by atoms with Crippen LogP contribution in [0.1, 0.15) is 26.5 Å². The van der Waals surface area contributed by atoms with E-state index in [-0.39, 0.29) is 29.4 Å². The van der Waals surface area contributed by atoms with Gasteiger partial charge >= 0.3 is 12.1 Å². The highest BCUT2D eigenvalue weighted by Gasteiger charge is 2.41. The van der Waals surface area contributed by atoms with Crippen LogP contribution < -0.4 is 5.62 Å². The van der Waals surface area contributed by atoms with Gasteiger partial charge in [-0.1, -0.05) is 11.6 Å². The van der Waals surface area contributed by atoms with Crippen molar-refractivity contribution in [1.82, 2.24) is 19.5 Å². The molecule has 13 heteroatoms. The summed E-state index contributed by atoms with van der Waals surface area (Å²) in [6, 6.07) is 0. The number of carbonyl (C=O) groups is 3. The van der Waals surface area contributed by atoms with Gasteiger partial charge in [-0.2, -0.15) is 9.98 Å². The summed E-state index contributed by atoms with van der Waals surface area (Å²) in [5, 5.41) is 0.101. The van der Waals surface area contributed by atoms with Crippen LogP contribution in [-0.2, 0) is 28.5 Å². The number of methoxy groups -OCH3 is 1. The Balaban J connectivity index is 2.04. The van der Waals surface area contributed by atoms with Gasteiger partial charge in [0.2, 0.25) is 11.5 Å². The number of carbonyl (C=O) groups excluding carboxylic acids is 3. The van der Waals surface area contributed by atoms with Crippen molar-refractivity contribution in [3.05, 3.63) is 17.1 Å². The molecule has 1 amide bonds. The predicted molar refractivity (Wildman–Crippen MR) is 95.6 cm³/mol. The number of aromatic nitrogens is 4. The second-order valence-corrected chi connectivity index (χ2v) is 6.46. The Morgan fingerprint density at radius 1 is 1.41 bits per heavy atom. The van der Waals surface area contributed by atoms with Crippen LogP contribution in [0.4, 0.5) is 4.79 Å². The zero-order valence-corrected chi connectivity index (χ0v) is 16.5. The maximum absolute atomic E-state index is 11.6. The SMILES string of the molecule is COC(=O)OC[C@@H]1C[C@@H](OC(C)=O)[C@H](n2c(Cl)c3[nH]cnc3nc2=NC(C)=O)O1. The number of fused-ring (bicyclic) bond motifs is 1. The van der Waals surface area contributed by atoms with E-state index in [2.05, 4.69) is 24.7 Å². The van der Waals surface area contributed by atoms with Crippen LogP contribution in [0.3, 0.4) is 0 Å². The number of hydrogen-bond donors (Lipinski definition) is 1. The summed E-state index contributed by atoms with van der Waals surface area (Å²) in [4.78, 5) is 49.4. The van der Waals surface area contributed by atoms with Crippen molar-refractivity contribution in [3.63, 3.8) is 0 Å². The molecule has 156 valence electrons. The van der Waals surface area contributed by atoms with Crippen molar-refractivity contribution >= 4 is 40.8 Å². The molecular formula is C16H18ClN5O7. The average molecular weight is 428 g/mol. The van der Waals surface area contributed by atoms with Crippen LogP contribution in [0, 0.1) is 0 Å². The molecule has 0 bridgehead atoms. The monoisotopic (exact) mass is 427 g/mol. The predicted octanol–water partition coefficient (Wildman–Crippen LogP) is 0.862. The molecular weight excluding hydrogens is 410 g/mol. The van der Waals surface area contributed by atoms with Crippen molar-refractivity contribution in [2.24, 2.45) is 4.99 Å². The standard InChI is InChI=1S/C16H18ClN5O7/c1-7(23)20-15-21-13-11(18-6-19-13)12(17)22(15)14-10(28-8(2)24)4-9(29-14)5-27-16(25)26-3/h6,9-10,14H,4-5H2,1-3H3,(H,18,19,20,21,23)/t9-,10+,14+/m0/s1. The van der Waals surface area contributed by atoms with E-state index in [0.29, 0.717) is 5.52 Å². The number of esters is 1. The third-order valence-corrected chi connectivity index (χ3v) is 4.36. The van der Waals surface area contributed by atoms with Crippen LogP contribution in [0.25, 0.3) is 11.2 Å². The minimum Gasteiger partial charge on any atom is -0.458 e. The van der Waals surface area contributed by atoms with E-state index in [0.717, 1.165) is 0 Å². The highest BCUT2D eigenvalue weighted by molar-refractivity contribution is 6.33. The fraction of sp³-hybridized carbons (Fsp3) is 0.500. The minimum atomic E-state index is -0.976. The summed E-state index contributed by atoms with van der Waals surface area (Å²) in [5.74, 6) is -1.07. The van der Waals surface area contributed by atoms with Gasteiger partial charge in [0.15, 0.2) is 11.9 Å². The van der Waals surface area contributed by atoms with Crippen LogP contribution in [0.15, 0.2) is 11.3 Å². The number of nitrogens with one attached hydrogen (secondary N) is 1. The van der Waals surface area contributed by atoms with Gasteiger partial charge in [-0.25, -0.2) is 9.78 Å². The highest BCUT2D eigenvalue weighted by Crippen LogP contribution is 2.33. The Morgan fingerprint density at radius 3 is 2.83 bits per heavy atom. The number of halogens is 1. The lowest BCUT2D eigenvalue weighted by Crippen LogP contribution is -2.35. The zero-order chi connectivity index (χ0) is 21.1. The third kappa shape index (κ3) is 4.54. The smallest absolute Gasteiger partial charge is 0.458 e. The number of H-pyrrole nitrogens is 1. The summed E-state index contributed by atoms with van der Waals surface area (Å²) < 4.78 is 21.9. The summed E-state index contributed by atoms with van der Waals surface area (Å²) >= 11 is 6.51. The molecule has 0 aliphatic carbocycles. The second-order valence-electron chi connectivity index (χ2n) is 6.10. The summed E-state index contributed by atoms with van der Waals surface area (Å²) in [6.45, 7) is 2.36. The first-order valence-corrected chi connectivity index (χ1v) is 8.87. The van der Waals surface area contributed by atoms with Gasteiger partial charge in [0.25, 0.3) is 0 Å². The van der Waals surface area contributed by atoms with Gasteiger partial charge in [-0.15, -0.1) is 0 Å². The van der Waals surface area contributed by atoms with E-state index >= 15 is 0 Å². The number of imidazole rings is 1. The first-order valence-electron chi connectivity index (χ1n) is 8.50. The number of hydrogen-bond acceptors (Lipinski definition) is 9. The van der Waals surface area contributed by atoms with Crippen LogP contribution in [0.5, 0.6) is 0 Å². The third-order valence-electron chi connectivity index (χ3n) is 3.99. The Labute approximate surface area is 168 Å². The lowest BCUT2D eigenvalue weighted by Gasteiger charge is -2.22. The van der Waals surface area contributed by atoms with Gasteiger partial charge in [0.05, 0.1) is 19.5 Å². The van der Waals surface area contributed by atoms with E-state index < -0.39 is 36.5 Å². The molecule has 0 spiro atoms. The molecule has 1 saturated heterocycles. The van der Waals surface area contributed by atoms with Crippen molar-refractivity contribution in [1.29, 1.82) is 0 Å². The zero-order valence-electron chi connectivity index (χ0n) is 15.7.